The summed E-state index contributed by atoms with van der Waals surface area (Å²) in [6.45, 7) is 7.27. The molecule has 2 N–H and O–H groups in total. The van der Waals surface area contributed by atoms with Crippen molar-refractivity contribution in [3.05, 3.63) is 26.9 Å². The van der Waals surface area contributed by atoms with Crippen LogP contribution in [0.1, 0.15) is 41.6 Å². The number of carbonyl (C=O) groups excluding carboxylic acids is 1. The molecule has 1 saturated heterocycles. The van der Waals surface area contributed by atoms with Gasteiger partial charge in [0.05, 0.1) is 10.2 Å². The minimum Gasteiger partial charge on any atom is -0.297 e. The summed E-state index contributed by atoms with van der Waals surface area (Å²) in [6, 6.07) is 0. The van der Waals surface area contributed by atoms with Gasteiger partial charge in [0, 0.05) is 17.6 Å². The van der Waals surface area contributed by atoms with Crippen LogP contribution in [-0.2, 0) is 6.54 Å². The van der Waals surface area contributed by atoms with Crippen molar-refractivity contribution in [1.29, 1.82) is 0 Å². The highest BCUT2D eigenvalue weighted by Gasteiger charge is 2.19. The second-order valence-corrected chi connectivity index (χ2v) is 7.72. The monoisotopic (exact) mass is 397 g/mol. The Morgan fingerprint density at radius 2 is 2.26 bits per heavy atom. The van der Waals surface area contributed by atoms with Crippen molar-refractivity contribution in [2.75, 3.05) is 18.4 Å². The second-order valence-electron chi connectivity index (χ2n) is 6.07. The number of aryl methyl sites for hydroxylation is 1. The van der Waals surface area contributed by atoms with Crippen molar-refractivity contribution in [1.82, 2.24) is 20.1 Å². The number of aromatic amines is 1. The fourth-order valence-corrected chi connectivity index (χ4v) is 3.66. The van der Waals surface area contributed by atoms with Gasteiger partial charge >= 0.3 is 0 Å². The quantitative estimate of drug-likeness (QED) is 0.828. The van der Waals surface area contributed by atoms with E-state index in [2.05, 4.69) is 48.3 Å². The number of thiazole rings is 1. The molecule has 0 bridgehead atoms. The molecule has 0 aromatic carbocycles. The van der Waals surface area contributed by atoms with Gasteiger partial charge in [-0.15, -0.1) is 11.3 Å². The van der Waals surface area contributed by atoms with Gasteiger partial charge in [-0.25, -0.2) is 4.98 Å². The van der Waals surface area contributed by atoms with E-state index in [4.69, 9.17) is 0 Å². The Hall–Kier alpha value is -1.25. The summed E-state index contributed by atoms with van der Waals surface area (Å²) < 4.78 is 0.689. The van der Waals surface area contributed by atoms with Gasteiger partial charge in [0.1, 0.15) is 0 Å². The van der Waals surface area contributed by atoms with Crippen LogP contribution >= 0.6 is 27.3 Å². The predicted molar refractivity (Wildman–Crippen MR) is 94.8 cm³/mol. The minimum absolute atomic E-state index is 0.256. The maximum absolute atomic E-state index is 12.2. The van der Waals surface area contributed by atoms with Crippen molar-refractivity contribution in [3.63, 3.8) is 0 Å². The Morgan fingerprint density at radius 1 is 1.52 bits per heavy atom. The van der Waals surface area contributed by atoms with Crippen LogP contribution in [0.5, 0.6) is 0 Å². The lowest BCUT2D eigenvalue weighted by atomic mass is 9.99. The van der Waals surface area contributed by atoms with E-state index < -0.39 is 0 Å². The van der Waals surface area contributed by atoms with Crippen molar-refractivity contribution >= 4 is 38.3 Å². The third kappa shape index (κ3) is 3.99. The zero-order chi connectivity index (χ0) is 16.4. The van der Waals surface area contributed by atoms with Gasteiger partial charge in [0.2, 0.25) is 0 Å². The molecule has 3 heterocycles. The molecule has 0 spiro atoms. The van der Waals surface area contributed by atoms with E-state index in [0.717, 1.165) is 36.9 Å². The van der Waals surface area contributed by atoms with Crippen LogP contribution in [0, 0.1) is 12.8 Å². The number of hydrogen-bond acceptors (Lipinski definition) is 5. The van der Waals surface area contributed by atoms with Crippen LogP contribution in [0.3, 0.4) is 0 Å². The number of carbonyl (C=O) groups is 1. The van der Waals surface area contributed by atoms with Gasteiger partial charge in [-0.1, -0.05) is 6.92 Å². The van der Waals surface area contributed by atoms with E-state index in [0.29, 0.717) is 15.3 Å². The summed E-state index contributed by atoms with van der Waals surface area (Å²) in [5.41, 5.74) is 2.19. The van der Waals surface area contributed by atoms with Crippen LogP contribution in [0.15, 0.2) is 9.85 Å². The number of amides is 1. The minimum atomic E-state index is -0.256. The number of piperidine rings is 1. The highest BCUT2D eigenvalue weighted by Crippen LogP contribution is 2.23. The van der Waals surface area contributed by atoms with Gasteiger partial charge in [-0.3, -0.25) is 20.1 Å². The number of H-pyrrole nitrogens is 1. The molecule has 0 unspecified atom stereocenters. The van der Waals surface area contributed by atoms with Crippen molar-refractivity contribution in [2.45, 2.75) is 33.2 Å². The zero-order valence-electron chi connectivity index (χ0n) is 13.2. The highest BCUT2D eigenvalue weighted by molar-refractivity contribution is 9.10. The van der Waals surface area contributed by atoms with Crippen LogP contribution < -0.4 is 5.32 Å². The standard InChI is InChI=1S/C15H20BrN5OS/c1-9-3-5-21(6-4-9)7-11-8-23-15(17-11)18-14(22)13-12(16)10(2)19-20-13/h8-9H,3-7H2,1-2H3,(H,19,20)(H,17,18,22). The van der Waals surface area contributed by atoms with Crippen molar-refractivity contribution in [2.24, 2.45) is 5.92 Å². The van der Waals surface area contributed by atoms with Crippen molar-refractivity contribution < 1.29 is 4.79 Å². The van der Waals surface area contributed by atoms with Crippen LogP contribution in [-0.4, -0.2) is 39.1 Å². The molecule has 8 heteroatoms. The van der Waals surface area contributed by atoms with E-state index in [1.54, 1.807) is 0 Å². The van der Waals surface area contributed by atoms with E-state index in [1.165, 1.54) is 24.2 Å². The molecule has 124 valence electrons. The highest BCUT2D eigenvalue weighted by atomic mass is 79.9. The van der Waals surface area contributed by atoms with E-state index in [1.807, 2.05) is 12.3 Å². The molecule has 0 aliphatic carbocycles. The maximum atomic E-state index is 12.2. The molecule has 1 fully saturated rings. The molecule has 0 saturated carbocycles. The first-order chi connectivity index (χ1) is 11.0. The fraction of sp³-hybridized carbons (Fsp3) is 0.533. The second kappa shape index (κ2) is 7.11. The molecule has 0 atom stereocenters. The van der Waals surface area contributed by atoms with Gasteiger partial charge in [-0.2, -0.15) is 5.10 Å². The molecule has 1 amide bonds. The van der Waals surface area contributed by atoms with Crippen LogP contribution in [0.4, 0.5) is 5.13 Å². The number of halogens is 1. The van der Waals surface area contributed by atoms with Gasteiger partial charge < -0.3 is 0 Å². The lowest BCUT2D eigenvalue weighted by Gasteiger charge is -2.29. The summed E-state index contributed by atoms with van der Waals surface area (Å²) >= 11 is 4.81. The van der Waals surface area contributed by atoms with Crippen LogP contribution in [0.2, 0.25) is 0 Å². The molecule has 23 heavy (non-hydrogen) atoms. The number of hydrogen-bond donors (Lipinski definition) is 2. The Kier molecular flexibility index (Phi) is 5.13. The van der Waals surface area contributed by atoms with E-state index in [-0.39, 0.29) is 5.91 Å². The first-order valence-electron chi connectivity index (χ1n) is 7.71. The Morgan fingerprint density at radius 3 is 2.91 bits per heavy atom. The number of rotatable bonds is 4. The maximum Gasteiger partial charge on any atom is 0.279 e. The summed E-state index contributed by atoms with van der Waals surface area (Å²) in [4.78, 5) is 19.2. The van der Waals surface area contributed by atoms with Gasteiger partial charge in [0.25, 0.3) is 5.91 Å². The molecule has 3 rings (SSSR count). The van der Waals surface area contributed by atoms with E-state index >= 15 is 0 Å². The first-order valence-corrected chi connectivity index (χ1v) is 9.38. The average molecular weight is 398 g/mol. The summed E-state index contributed by atoms with van der Waals surface area (Å²) in [7, 11) is 0. The third-order valence-corrected chi connectivity index (χ3v) is 5.90. The lowest BCUT2D eigenvalue weighted by molar-refractivity contribution is 0.102. The Labute approximate surface area is 147 Å². The molecular weight excluding hydrogens is 378 g/mol. The smallest absolute Gasteiger partial charge is 0.279 e. The van der Waals surface area contributed by atoms with Gasteiger partial charge in [0.15, 0.2) is 10.8 Å². The average Bonchev–Trinajstić information content (AvgIpc) is 3.09. The SMILES string of the molecule is Cc1[nH]nc(C(=O)Nc2nc(CN3CCC(C)CC3)cs2)c1Br. The molecule has 2 aromatic rings. The molecule has 0 radical (unpaired) electrons. The fourth-order valence-electron chi connectivity index (χ4n) is 2.61. The summed E-state index contributed by atoms with van der Waals surface area (Å²) in [5, 5.41) is 12.2. The molecular formula is C15H20BrN5OS. The number of aromatic nitrogens is 3. The number of anilines is 1. The lowest BCUT2D eigenvalue weighted by Crippen LogP contribution is -2.32. The topological polar surface area (TPSA) is 73.9 Å². The number of nitrogens with one attached hydrogen (secondary N) is 2. The molecule has 6 nitrogen and oxygen atoms in total. The van der Waals surface area contributed by atoms with Crippen molar-refractivity contribution in [3.8, 4) is 0 Å². The summed E-state index contributed by atoms with van der Waals surface area (Å²) in [5.74, 6) is 0.571. The van der Waals surface area contributed by atoms with E-state index in [9.17, 15) is 4.79 Å². The normalized spacial score (nSPS) is 16.7. The molecule has 2 aromatic heterocycles. The Bertz CT molecular complexity index is 690. The number of nitrogens with zero attached hydrogens (tertiary/aromatic N) is 3. The number of likely N-dealkylation sites (tertiary alicyclic amines) is 1. The predicted octanol–water partition coefficient (Wildman–Crippen LogP) is 3.42. The molecule has 1 aliphatic rings. The van der Waals surface area contributed by atoms with Gasteiger partial charge in [-0.05, 0) is 54.7 Å². The first kappa shape index (κ1) is 16.6. The Balaban J connectivity index is 1.59. The zero-order valence-corrected chi connectivity index (χ0v) is 15.6. The largest absolute Gasteiger partial charge is 0.297 e. The summed E-state index contributed by atoms with van der Waals surface area (Å²) in [6.07, 6.45) is 2.50. The molecule has 1 aliphatic heterocycles. The third-order valence-electron chi connectivity index (χ3n) is 4.12. The van der Waals surface area contributed by atoms with Crippen LogP contribution in [0.25, 0.3) is 0 Å².